The van der Waals surface area contributed by atoms with E-state index in [1.165, 1.54) is 11.0 Å². The van der Waals surface area contributed by atoms with Crippen molar-refractivity contribution in [2.24, 2.45) is 5.73 Å². The Balaban J connectivity index is 2.11. The number of aliphatic hydroxyl groups is 2. The van der Waals surface area contributed by atoms with E-state index in [0.717, 1.165) is 0 Å². The fraction of sp³-hybridized carbons (Fsp3) is 0.500. The number of nitrogens with one attached hydrogen (secondary N) is 1. The van der Waals surface area contributed by atoms with Gasteiger partial charge in [0, 0.05) is 12.5 Å². The fourth-order valence-electron chi connectivity index (χ4n) is 2.52. The Bertz CT molecular complexity index is 831. The number of aromatic nitrogens is 4. The molecule has 23 heavy (non-hydrogen) atoms. The Morgan fingerprint density at radius 3 is 3.09 bits per heavy atom. The lowest BCUT2D eigenvalue weighted by atomic mass is 10.1. The Labute approximate surface area is 131 Å². The first kappa shape index (κ1) is 15.6. The molecule has 4 atom stereocenters. The number of fused-ring (bicyclic) bond motifs is 1. The van der Waals surface area contributed by atoms with Gasteiger partial charge in [0.15, 0.2) is 5.65 Å². The molecule has 2 aromatic rings. The lowest BCUT2D eigenvalue weighted by Crippen LogP contribution is -2.24. The zero-order valence-corrected chi connectivity index (χ0v) is 12.4. The highest BCUT2D eigenvalue weighted by molar-refractivity contribution is 5.78. The van der Waals surface area contributed by atoms with E-state index < -0.39 is 18.3 Å². The molecule has 1 saturated heterocycles. The van der Waals surface area contributed by atoms with Crippen LogP contribution in [0.5, 0.6) is 0 Å². The van der Waals surface area contributed by atoms with Gasteiger partial charge in [0.25, 0.3) is 5.56 Å². The maximum Gasteiger partial charge on any atom is 0.262 e. The summed E-state index contributed by atoms with van der Waals surface area (Å²) in [7, 11) is 0. The largest absolute Gasteiger partial charge is 0.394 e. The van der Waals surface area contributed by atoms with Crippen LogP contribution in [-0.4, -0.2) is 54.8 Å². The van der Waals surface area contributed by atoms with E-state index in [0.29, 0.717) is 11.3 Å². The van der Waals surface area contributed by atoms with E-state index in [4.69, 9.17) is 10.5 Å². The van der Waals surface area contributed by atoms with Gasteiger partial charge in [0.05, 0.1) is 25.1 Å². The minimum atomic E-state index is -0.823. The zero-order chi connectivity index (χ0) is 16.6. The number of hydrogen-bond acceptors (Lipinski definition) is 7. The third-order valence-corrected chi connectivity index (χ3v) is 3.60. The summed E-state index contributed by atoms with van der Waals surface area (Å²) >= 11 is 0. The zero-order valence-electron chi connectivity index (χ0n) is 12.4. The van der Waals surface area contributed by atoms with Crippen LogP contribution in [0.2, 0.25) is 0 Å². The lowest BCUT2D eigenvalue weighted by molar-refractivity contribution is -0.0233. The van der Waals surface area contributed by atoms with Crippen molar-refractivity contribution in [2.75, 3.05) is 6.61 Å². The molecule has 2 aromatic heterocycles. The molecular formula is C14H17N5O4. The molecule has 1 aliphatic rings. The van der Waals surface area contributed by atoms with Crippen LogP contribution in [0, 0.1) is 12.0 Å². The van der Waals surface area contributed by atoms with Crippen LogP contribution in [0.1, 0.15) is 25.1 Å². The molecule has 9 nitrogen and oxygen atoms in total. The second-order valence-corrected chi connectivity index (χ2v) is 5.42. The number of rotatable bonds is 2. The molecule has 5 N–H and O–H groups in total. The van der Waals surface area contributed by atoms with Crippen molar-refractivity contribution in [2.45, 2.75) is 37.7 Å². The van der Waals surface area contributed by atoms with Crippen molar-refractivity contribution in [1.82, 2.24) is 19.7 Å². The summed E-state index contributed by atoms with van der Waals surface area (Å²) in [6.45, 7) is 1.41. The van der Waals surface area contributed by atoms with E-state index in [-0.39, 0.29) is 30.0 Å². The van der Waals surface area contributed by atoms with Gasteiger partial charge in [-0.1, -0.05) is 5.92 Å². The first-order valence-corrected chi connectivity index (χ1v) is 7.19. The van der Waals surface area contributed by atoms with Gasteiger partial charge in [-0.05, 0) is 6.92 Å². The second-order valence-electron chi connectivity index (χ2n) is 5.42. The Morgan fingerprint density at radius 2 is 2.43 bits per heavy atom. The van der Waals surface area contributed by atoms with E-state index in [2.05, 4.69) is 27.0 Å². The number of ether oxygens (including phenoxy) is 1. The van der Waals surface area contributed by atoms with Gasteiger partial charge in [-0.3, -0.25) is 4.79 Å². The first-order chi connectivity index (χ1) is 11.0. The number of aliphatic hydroxyl groups excluding tert-OH is 2. The number of nitrogens with two attached hydrogens (primary N) is 1. The minimum Gasteiger partial charge on any atom is -0.394 e. The van der Waals surface area contributed by atoms with E-state index in [9.17, 15) is 15.0 Å². The third-order valence-electron chi connectivity index (χ3n) is 3.60. The van der Waals surface area contributed by atoms with Crippen molar-refractivity contribution in [3.05, 3.63) is 22.4 Å². The molecule has 0 aromatic carbocycles. The van der Waals surface area contributed by atoms with Crippen molar-refractivity contribution in [3.8, 4) is 12.0 Å². The smallest absolute Gasteiger partial charge is 0.262 e. The lowest BCUT2D eigenvalue weighted by Gasteiger charge is -2.10. The monoisotopic (exact) mass is 319 g/mol. The molecule has 9 heteroatoms. The highest BCUT2D eigenvalue weighted by atomic mass is 16.5. The van der Waals surface area contributed by atoms with Crippen molar-refractivity contribution in [3.63, 3.8) is 0 Å². The van der Waals surface area contributed by atoms with Crippen LogP contribution in [0.25, 0.3) is 11.0 Å². The van der Waals surface area contributed by atoms with Crippen molar-refractivity contribution in [1.29, 1.82) is 0 Å². The van der Waals surface area contributed by atoms with Gasteiger partial charge in [0.1, 0.15) is 23.3 Å². The Kier molecular flexibility index (Phi) is 4.14. The molecule has 1 fully saturated rings. The standard InChI is InChI=1S/C14H17N5O4/c1-7(15)2-3-19-13-11(14(22)17-6-16-13)12(18-19)9-4-8(21)10(5-20)23-9/h6-10,20-21H,4-5,15H2,1H3,(H,16,17,22)/t7?,8-,9+,10+/m0/s1. The Morgan fingerprint density at radius 1 is 1.65 bits per heavy atom. The van der Waals surface area contributed by atoms with Crippen LogP contribution in [-0.2, 0) is 4.74 Å². The quantitative estimate of drug-likeness (QED) is 0.492. The fourth-order valence-corrected chi connectivity index (χ4v) is 2.52. The predicted molar refractivity (Wildman–Crippen MR) is 80.3 cm³/mol. The van der Waals surface area contributed by atoms with E-state index in [1.54, 1.807) is 6.92 Å². The summed E-state index contributed by atoms with van der Waals surface area (Å²) in [5, 5.41) is 23.6. The maximum atomic E-state index is 12.2. The van der Waals surface area contributed by atoms with Gasteiger partial charge < -0.3 is 25.7 Å². The SMILES string of the molecule is CC(N)C#Cn1nc([C@H]2C[C@H](O)[C@@H](CO)O2)c2c(=O)[nH]cnc21. The highest BCUT2D eigenvalue weighted by Crippen LogP contribution is 2.34. The average Bonchev–Trinajstić information content (AvgIpc) is 3.06. The molecule has 0 saturated carbocycles. The van der Waals surface area contributed by atoms with Crippen LogP contribution in [0.4, 0.5) is 0 Å². The molecule has 122 valence electrons. The van der Waals surface area contributed by atoms with Gasteiger partial charge in [-0.2, -0.15) is 9.78 Å². The number of H-pyrrole nitrogens is 1. The topological polar surface area (TPSA) is 139 Å². The molecule has 0 spiro atoms. The van der Waals surface area contributed by atoms with Crippen molar-refractivity contribution >= 4 is 11.0 Å². The number of nitrogens with zero attached hydrogens (tertiary/aromatic N) is 3. The summed E-state index contributed by atoms with van der Waals surface area (Å²) in [6, 6.07) is 2.38. The number of aromatic amines is 1. The molecule has 1 aliphatic heterocycles. The molecule has 3 rings (SSSR count). The summed E-state index contributed by atoms with van der Waals surface area (Å²) in [5.74, 6) is 2.75. The average molecular weight is 319 g/mol. The van der Waals surface area contributed by atoms with Crippen LogP contribution in [0.3, 0.4) is 0 Å². The first-order valence-electron chi connectivity index (χ1n) is 7.19. The summed E-state index contributed by atoms with van der Waals surface area (Å²) < 4.78 is 6.86. The predicted octanol–water partition coefficient (Wildman–Crippen LogP) is -1.54. The highest BCUT2D eigenvalue weighted by Gasteiger charge is 2.37. The second kappa shape index (κ2) is 6.10. The third kappa shape index (κ3) is 2.85. The summed E-state index contributed by atoms with van der Waals surface area (Å²) in [6.07, 6.45) is -0.650. The summed E-state index contributed by atoms with van der Waals surface area (Å²) in [4.78, 5) is 18.7. The van der Waals surface area contributed by atoms with Gasteiger partial charge in [0.2, 0.25) is 0 Å². The van der Waals surface area contributed by atoms with E-state index in [1.807, 2.05) is 0 Å². The van der Waals surface area contributed by atoms with Crippen LogP contribution < -0.4 is 11.3 Å². The molecule has 1 unspecified atom stereocenters. The normalized spacial score (nSPS) is 25.3. The molecule has 3 heterocycles. The van der Waals surface area contributed by atoms with Crippen LogP contribution >= 0.6 is 0 Å². The molecular weight excluding hydrogens is 302 g/mol. The van der Waals surface area contributed by atoms with Gasteiger partial charge in [-0.15, -0.1) is 0 Å². The molecule has 0 radical (unpaired) electrons. The molecule has 0 amide bonds. The number of hydrogen-bond donors (Lipinski definition) is 4. The minimum absolute atomic E-state index is 0.229. The molecule has 0 bridgehead atoms. The maximum absolute atomic E-state index is 12.2. The van der Waals surface area contributed by atoms with Crippen LogP contribution in [0.15, 0.2) is 11.1 Å². The summed E-state index contributed by atoms with van der Waals surface area (Å²) in [5.41, 5.74) is 5.87. The van der Waals surface area contributed by atoms with E-state index >= 15 is 0 Å². The molecule has 0 aliphatic carbocycles. The van der Waals surface area contributed by atoms with Gasteiger partial charge in [-0.25, -0.2) is 4.98 Å². The Hall–Kier alpha value is -2.25. The van der Waals surface area contributed by atoms with Crippen molar-refractivity contribution < 1.29 is 14.9 Å². The van der Waals surface area contributed by atoms with Gasteiger partial charge >= 0.3 is 0 Å².